The van der Waals surface area contributed by atoms with Crippen molar-refractivity contribution in [3.05, 3.63) is 35.9 Å². The Hall–Kier alpha value is -0.780. The molecule has 1 aromatic rings. The predicted octanol–water partition coefficient (Wildman–Crippen LogP) is 21.8. The lowest BCUT2D eigenvalue weighted by molar-refractivity contribution is 0.507. The SMILES string of the molecule is CCCCCCCCCCCCCCCCCCCCCCCCCCCCCCCCCCCCCCCCCCCCCCCCCCCCc1ccccc1. The summed E-state index contributed by atoms with van der Waals surface area (Å²) in [5.74, 6) is 0. The van der Waals surface area contributed by atoms with Crippen molar-refractivity contribution in [3.8, 4) is 0 Å². The summed E-state index contributed by atoms with van der Waals surface area (Å²) in [4.78, 5) is 0. The van der Waals surface area contributed by atoms with Gasteiger partial charge in [-0.2, -0.15) is 0 Å². The van der Waals surface area contributed by atoms with Crippen LogP contribution in [0.1, 0.15) is 334 Å². The number of aryl methyl sites for hydroxylation is 1. The molecule has 0 N–H and O–H groups in total. The molecule has 0 nitrogen and oxygen atoms in total. The first-order chi connectivity index (χ1) is 28.9. The quantitative estimate of drug-likeness (QED) is 0.0575. The third kappa shape index (κ3) is 46.3. The van der Waals surface area contributed by atoms with Gasteiger partial charge >= 0.3 is 0 Å². The number of hydrogen-bond donors (Lipinski definition) is 0. The minimum absolute atomic E-state index is 1.26. The molecule has 1 rings (SSSR count). The average Bonchev–Trinajstić information content (AvgIpc) is 3.24. The molecule has 0 saturated carbocycles. The lowest BCUT2D eigenvalue weighted by atomic mass is 10.0. The van der Waals surface area contributed by atoms with E-state index in [2.05, 4.69) is 37.3 Å². The Balaban J connectivity index is 1.59. The number of rotatable bonds is 51. The highest BCUT2D eigenvalue weighted by atomic mass is 14.1. The summed E-state index contributed by atoms with van der Waals surface area (Å²) in [5.41, 5.74) is 1.51. The molecule has 0 amide bonds. The molecule has 0 heterocycles. The first-order valence-corrected chi connectivity index (χ1v) is 28.0. The fraction of sp³-hybridized carbons (Fsp3) is 0.897. The summed E-state index contributed by atoms with van der Waals surface area (Å²) < 4.78 is 0. The molecule has 0 fully saturated rings. The molecule has 1 aromatic carbocycles. The van der Waals surface area contributed by atoms with Gasteiger partial charge in [0, 0.05) is 0 Å². The summed E-state index contributed by atoms with van der Waals surface area (Å²) in [6, 6.07) is 11.0. The second-order valence-electron chi connectivity index (χ2n) is 19.6. The van der Waals surface area contributed by atoms with Crippen molar-refractivity contribution in [1.29, 1.82) is 0 Å². The molecule has 0 aliphatic carbocycles. The topological polar surface area (TPSA) is 0 Å². The van der Waals surface area contributed by atoms with E-state index in [0.29, 0.717) is 0 Å². The third-order valence-corrected chi connectivity index (χ3v) is 13.7. The maximum Gasteiger partial charge on any atom is -0.0279 e. The van der Waals surface area contributed by atoms with Crippen LogP contribution in [0.2, 0.25) is 0 Å². The van der Waals surface area contributed by atoms with Crippen molar-refractivity contribution in [2.75, 3.05) is 0 Å². The standard InChI is InChI=1S/C58H110/c1-2-3-4-5-6-7-8-9-10-11-12-13-14-15-16-17-18-19-20-21-22-23-24-25-26-27-28-29-30-31-32-33-34-35-36-37-38-39-40-41-42-43-44-45-46-47-48-49-50-52-55-58-56-53-51-54-57-58/h51,53-54,56-57H,2-50,52,55H2,1H3. The molecule has 0 aliphatic rings. The van der Waals surface area contributed by atoms with Gasteiger partial charge in [0.1, 0.15) is 0 Å². The molecule has 0 saturated heterocycles. The molecular weight excluding hydrogens is 697 g/mol. The second-order valence-corrected chi connectivity index (χ2v) is 19.6. The van der Waals surface area contributed by atoms with Crippen molar-refractivity contribution in [1.82, 2.24) is 0 Å². The van der Waals surface area contributed by atoms with Gasteiger partial charge in [0.05, 0.1) is 0 Å². The van der Waals surface area contributed by atoms with Gasteiger partial charge in [-0.15, -0.1) is 0 Å². The lowest BCUT2D eigenvalue weighted by Crippen LogP contribution is -1.86. The molecule has 342 valence electrons. The van der Waals surface area contributed by atoms with Gasteiger partial charge in [-0.05, 0) is 18.4 Å². The summed E-state index contributed by atoms with van der Waals surface area (Å²) in [6.45, 7) is 2.31. The Morgan fingerprint density at radius 3 is 0.517 bits per heavy atom. The Labute approximate surface area is 368 Å². The molecule has 0 bridgehead atoms. The summed E-state index contributed by atoms with van der Waals surface area (Å²) in [6.07, 6.45) is 75.3. The van der Waals surface area contributed by atoms with E-state index in [9.17, 15) is 0 Å². The van der Waals surface area contributed by atoms with Gasteiger partial charge in [-0.1, -0.05) is 352 Å². The Kier molecular flexibility index (Phi) is 48.2. The van der Waals surface area contributed by atoms with Gasteiger partial charge < -0.3 is 0 Å². The summed E-state index contributed by atoms with van der Waals surface area (Å²) >= 11 is 0. The van der Waals surface area contributed by atoms with Crippen LogP contribution in [-0.4, -0.2) is 0 Å². The van der Waals surface area contributed by atoms with Crippen molar-refractivity contribution in [2.45, 2.75) is 334 Å². The van der Waals surface area contributed by atoms with E-state index in [1.54, 1.807) is 0 Å². The fourth-order valence-corrected chi connectivity index (χ4v) is 9.53. The smallest absolute Gasteiger partial charge is 0.0279 e. The fourth-order valence-electron chi connectivity index (χ4n) is 9.53. The third-order valence-electron chi connectivity index (χ3n) is 13.7. The Morgan fingerprint density at radius 2 is 0.345 bits per heavy atom. The van der Waals surface area contributed by atoms with Gasteiger partial charge in [0.15, 0.2) is 0 Å². The van der Waals surface area contributed by atoms with Crippen LogP contribution in [0.3, 0.4) is 0 Å². The second kappa shape index (κ2) is 50.6. The molecule has 58 heavy (non-hydrogen) atoms. The molecule has 0 spiro atoms. The zero-order chi connectivity index (χ0) is 41.2. The van der Waals surface area contributed by atoms with Crippen LogP contribution in [-0.2, 0) is 6.42 Å². The van der Waals surface area contributed by atoms with Crippen LogP contribution in [0.25, 0.3) is 0 Å². The van der Waals surface area contributed by atoms with Gasteiger partial charge in [-0.25, -0.2) is 0 Å². The van der Waals surface area contributed by atoms with Crippen LogP contribution >= 0.6 is 0 Å². The van der Waals surface area contributed by atoms with E-state index < -0.39 is 0 Å². The molecule has 0 heteroatoms. The molecule has 0 aliphatic heterocycles. The minimum atomic E-state index is 1.26. The van der Waals surface area contributed by atoms with Gasteiger partial charge in [0.2, 0.25) is 0 Å². The molecule has 0 unspecified atom stereocenters. The van der Waals surface area contributed by atoms with Crippen LogP contribution in [0.15, 0.2) is 30.3 Å². The van der Waals surface area contributed by atoms with Crippen molar-refractivity contribution < 1.29 is 0 Å². The number of hydrogen-bond acceptors (Lipinski definition) is 0. The Bertz CT molecular complexity index is 826. The number of benzene rings is 1. The first-order valence-electron chi connectivity index (χ1n) is 28.0. The highest BCUT2D eigenvalue weighted by Gasteiger charge is 1.99. The molecule has 0 radical (unpaired) electrons. The van der Waals surface area contributed by atoms with Crippen LogP contribution < -0.4 is 0 Å². The van der Waals surface area contributed by atoms with E-state index in [-0.39, 0.29) is 0 Å². The van der Waals surface area contributed by atoms with Crippen molar-refractivity contribution in [3.63, 3.8) is 0 Å². The highest BCUT2D eigenvalue weighted by molar-refractivity contribution is 5.14. The van der Waals surface area contributed by atoms with Crippen molar-refractivity contribution >= 4 is 0 Å². The summed E-state index contributed by atoms with van der Waals surface area (Å²) in [5, 5.41) is 0. The van der Waals surface area contributed by atoms with Crippen LogP contribution in [0.5, 0.6) is 0 Å². The predicted molar refractivity (Wildman–Crippen MR) is 267 cm³/mol. The summed E-state index contributed by atoms with van der Waals surface area (Å²) in [7, 11) is 0. The molecule has 0 atom stereocenters. The van der Waals surface area contributed by atoms with E-state index in [1.165, 1.54) is 333 Å². The average molecular weight is 808 g/mol. The number of unbranched alkanes of at least 4 members (excludes halogenated alkanes) is 49. The van der Waals surface area contributed by atoms with Gasteiger partial charge in [-0.3, -0.25) is 0 Å². The van der Waals surface area contributed by atoms with Crippen molar-refractivity contribution in [2.24, 2.45) is 0 Å². The van der Waals surface area contributed by atoms with Gasteiger partial charge in [0.25, 0.3) is 0 Å². The monoisotopic (exact) mass is 807 g/mol. The molecule has 0 aromatic heterocycles. The van der Waals surface area contributed by atoms with Crippen LogP contribution in [0, 0.1) is 0 Å². The van der Waals surface area contributed by atoms with E-state index in [1.807, 2.05) is 0 Å². The largest absolute Gasteiger partial charge is 0.0654 e. The molecular formula is C58H110. The first kappa shape index (κ1) is 55.2. The highest BCUT2D eigenvalue weighted by Crippen LogP contribution is 2.19. The normalized spacial score (nSPS) is 11.6. The minimum Gasteiger partial charge on any atom is -0.0654 e. The zero-order valence-corrected chi connectivity index (χ0v) is 40.4. The van der Waals surface area contributed by atoms with E-state index >= 15 is 0 Å². The maximum atomic E-state index is 2.31. The maximum absolute atomic E-state index is 2.31. The zero-order valence-electron chi connectivity index (χ0n) is 40.4. The van der Waals surface area contributed by atoms with Crippen LogP contribution in [0.4, 0.5) is 0 Å². The Morgan fingerprint density at radius 1 is 0.190 bits per heavy atom. The van der Waals surface area contributed by atoms with E-state index in [4.69, 9.17) is 0 Å². The van der Waals surface area contributed by atoms with E-state index in [0.717, 1.165) is 0 Å². The lowest BCUT2D eigenvalue weighted by Gasteiger charge is -2.05.